The number of carbonyl (C=O) groups excluding carboxylic acids is 1. The lowest BCUT2D eigenvalue weighted by atomic mass is 9.64. The van der Waals surface area contributed by atoms with E-state index in [0.29, 0.717) is 0 Å². The van der Waals surface area contributed by atoms with Gasteiger partial charge in [-0.1, -0.05) is 12.5 Å². The zero-order valence-corrected chi connectivity index (χ0v) is 21.4. The first-order valence-electron chi connectivity index (χ1n) is 11.4. The highest BCUT2D eigenvalue weighted by Crippen LogP contribution is 2.55. The van der Waals surface area contributed by atoms with Crippen LogP contribution < -0.4 is 10.1 Å². The van der Waals surface area contributed by atoms with Gasteiger partial charge in [-0.25, -0.2) is 8.42 Å². The predicted molar refractivity (Wildman–Crippen MR) is 125 cm³/mol. The first-order chi connectivity index (χ1) is 18.4. The standard InChI is InChI=1S/C24H19F7N4O4S/c1-12-17(20(36)32-13-5-3-6-14(11-13)40(2,37)38)21(35-34-18(12)23(26,27)28)39-16-8-7-15(19(25)33-16)22(9-4-10-22)24(29,30)31/h3,5-8,11H,4,9-10H2,1-2H3,(H,32,36). The minimum absolute atomic E-state index is 0.102. The Balaban J connectivity index is 1.73. The average molecular weight is 592 g/mol. The number of sulfone groups is 1. The van der Waals surface area contributed by atoms with E-state index in [1.807, 2.05) is 0 Å². The minimum atomic E-state index is -5.04. The van der Waals surface area contributed by atoms with Crippen LogP contribution in [-0.2, 0) is 21.4 Å². The molecule has 0 aliphatic heterocycles. The van der Waals surface area contributed by atoms with Crippen LogP contribution in [0.4, 0.5) is 36.4 Å². The second-order valence-electron chi connectivity index (χ2n) is 9.13. The van der Waals surface area contributed by atoms with Crippen LogP contribution in [-0.4, -0.2) is 41.9 Å². The Morgan fingerprint density at radius 3 is 2.25 bits per heavy atom. The van der Waals surface area contributed by atoms with Gasteiger partial charge in [0.15, 0.2) is 15.5 Å². The zero-order chi connectivity index (χ0) is 29.7. The number of pyridine rings is 1. The number of aromatic nitrogens is 3. The van der Waals surface area contributed by atoms with Gasteiger partial charge in [-0.05, 0) is 49.6 Å². The third-order valence-corrected chi connectivity index (χ3v) is 7.60. The van der Waals surface area contributed by atoms with E-state index >= 15 is 0 Å². The molecule has 1 N–H and O–H groups in total. The van der Waals surface area contributed by atoms with E-state index in [0.717, 1.165) is 31.4 Å². The summed E-state index contributed by atoms with van der Waals surface area (Å²) >= 11 is 0. The van der Waals surface area contributed by atoms with E-state index in [1.54, 1.807) is 0 Å². The SMILES string of the molecule is Cc1c(C(F)(F)F)nnc(Oc2ccc(C3(C(F)(F)F)CCC3)c(F)n2)c1C(=O)Nc1cccc(S(C)(=O)=O)c1. The molecule has 0 saturated heterocycles. The lowest BCUT2D eigenvalue weighted by molar-refractivity contribution is -0.213. The van der Waals surface area contributed by atoms with Crippen molar-refractivity contribution in [2.45, 2.75) is 48.8 Å². The first kappa shape index (κ1) is 29.2. The van der Waals surface area contributed by atoms with Crippen molar-refractivity contribution >= 4 is 21.4 Å². The van der Waals surface area contributed by atoms with Crippen molar-refractivity contribution in [2.75, 3.05) is 11.6 Å². The monoisotopic (exact) mass is 592 g/mol. The van der Waals surface area contributed by atoms with Crippen LogP contribution in [0.3, 0.4) is 0 Å². The predicted octanol–water partition coefficient (Wildman–Crippen LogP) is 5.77. The molecule has 1 amide bonds. The second kappa shape index (κ2) is 9.98. The lowest BCUT2D eigenvalue weighted by Gasteiger charge is -2.43. The molecule has 1 fully saturated rings. The molecule has 1 saturated carbocycles. The number of ether oxygens (including phenoxy) is 1. The van der Waals surface area contributed by atoms with Crippen LogP contribution in [0, 0.1) is 12.9 Å². The van der Waals surface area contributed by atoms with E-state index in [2.05, 4.69) is 20.5 Å². The summed E-state index contributed by atoms with van der Waals surface area (Å²) in [4.78, 5) is 16.3. The zero-order valence-electron chi connectivity index (χ0n) is 20.6. The van der Waals surface area contributed by atoms with Crippen LogP contribution in [0.25, 0.3) is 0 Å². The quantitative estimate of drug-likeness (QED) is 0.286. The van der Waals surface area contributed by atoms with Crippen molar-refractivity contribution in [1.82, 2.24) is 15.2 Å². The van der Waals surface area contributed by atoms with Crippen LogP contribution in [0.1, 0.15) is 46.4 Å². The van der Waals surface area contributed by atoms with Gasteiger partial charge < -0.3 is 10.1 Å². The van der Waals surface area contributed by atoms with Gasteiger partial charge in [0, 0.05) is 23.6 Å². The van der Waals surface area contributed by atoms with Gasteiger partial charge in [-0.2, -0.15) is 35.7 Å². The Kier molecular flexibility index (Phi) is 7.28. The number of halogens is 7. The van der Waals surface area contributed by atoms with Crippen molar-refractivity contribution in [2.24, 2.45) is 0 Å². The summed E-state index contributed by atoms with van der Waals surface area (Å²) in [6, 6.07) is 6.54. The molecule has 214 valence electrons. The summed E-state index contributed by atoms with van der Waals surface area (Å²) in [5, 5.41) is 8.59. The highest BCUT2D eigenvalue weighted by atomic mass is 32.2. The van der Waals surface area contributed by atoms with Gasteiger partial charge in [-0.15, -0.1) is 10.2 Å². The Hall–Kier alpha value is -3.82. The number of amides is 1. The number of rotatable bonds is 6. The van der Waals surface area contributed by atoms with E-state index in [1.165, 1.54) is 18.2 Å². The van der Waals surface area contributed by atoms with Crippen molar-refractivity contribution in [3.63, 3.8) is 0 Å². The summed E-state index contributed by atoms with van der Waals surface area (Å²) in [6.07, 6.45) is -9.34. The van der Waals surface area contributed by atoms with Gasteiger partial charge in [0.2, 0.25) is 11.8 Å². The molecule has 8 nitrogen and oxygen atoms in total. The molecule has 1 aromatic carbocycles. The smallest absolute Gasteiger partial charge is 0.418 e. The molecule has 3 aromatic rings. The molecule has 0 atom stereocenters. The van der Waals surface area contributed by atoms with Crippen LogP contribution in [0.15, 0.2) is 41.3 Å². The van der Waals surface area contributed by atoms with Crippen molar-refractivity contribution in [3.8, 4) is 11.8 Å². The average Bonchev–Trinajstić information content (AvgIpc) is 2.77. The van der Waals surface area contributed by atoms with Crippen molar-refractivity contribution in [1.29, 1.82) is 0 Å². The largest absolute Gasteiger partial charge is 0.435 e. The molecule has 0 unspecified atom stereocenters. The van der Waals surface area contributed by atoms with Gasteiger partial charge in [-0.3, -0.25) is 4.79 Å². The summed E-state index contributed by atoms with van der Waals surface area (Å²) in [5.74, 6) is -4.27. The highest BCUT2D eigenvalue weighted by molar-refractivity contribution is 7.90. The third-order valence-electron chi connectivity index (χ3n) is 6.49. The summed E-state index contributed by atoms with van der Waals surface area (Å²) in [7, 11) is -3.70. The molecule has 1 aliphatic carbocycles. The molecular formula is C24H19F7N4O4S. The Morgan fingerprint density at radius 2 is 1.73 bits per heavy atom. The maximum absolute atomic E-state index is 14.8. The minimum Gasteiger partial charge on any atom is -0.418 e. The molecule has 4 rings (SSSR count). The number of hydrogen-bond donors (Lipinski definition) is 1. The maximum Gasteiger partial charge on any atom is 0.435 e. The van der Waals surface area contributed by atoms with Gasteiger partial charge in [0.05, 0.1) is 10.3 Å². The number of carbonyl (C=O) groups is 1. The first-order valence-corrected chi connectivity index (χ1v) is 13.3. The van der Waals surface area contributed by atoms with Crippen LogP contribution >= 0.6 is 0 Å². The summed E-state index contributed by atoms with van der Waals surface area (Å²) < 4.78 is 125. The van der Waals surface area contributed by atoms with Crippen LogP contribution in [0.2, 0.25) is 0 Å². The maximum atomic E-state index is 14.8. The number of anilines is 1. The second-order valence-corrected chi connectivity index (χ2v) is 11.1. The fourth-order valence-electron chi connectivity index (χ4n) is 4.27. The summed E-state index contributed by atoms with van der Waals surface area (Å²) in [6.45, 7) is 0.896. The van der Waals surface area contributed by atoms with E-state index < -0.39 is 73.6 Å². The highest BCUT2D eigenvalue weighted by Gasteiger charge is 2.60. The molecule has 1 aliphatic rings. The fraction of sp³-hybridized carbons (Fsp3) is 0.333. The van der Waals surface area contributed by atoms with Gasteiger partial charge in [0.25, 0.3) is 11.8 Å². The molecule has 40 heavy (non-hydrogen) atoms. The van der Waals surface area contributed by atoms with E-state index in [4.69, 9.17) is 4.74 Å². The molecule has 0 radical (unpaired) electrons. The summed E-state index contributed by atoms with van der Waals surface area (Å²) in [5.41, 5.74) is -6.31. The van der Waals surface area contributed by atoms with E-state index in [-0.39, 0.29) is 29.8 Å². The van der Waals surface area contributed by atoms with Gasteiger partial charge in [0.1, 0.15) is 5.56 Å². The molecule has 0 bridgehead atoms. The molecule has 0 spiro atoms. The number of nitrogens with one attached hydrogen (secondary N) is 1. The van der Waals surface area contributed by atoms with Crippen molar-refractivity contribution in [3.05, 3.63) is 64.7 Å². The molecule has 2 aromatic heterocycles. The van der Waals surface area contributed by atoms with E-state index in [9.17, 15) is 43.9 Å². The molecule has 2 heterocycles. The number of hydrogen-bond acceptors (Lipinski definition) is 7. The number of nitrogens with zero attached hydrogens (tertiary/aromatic N) is 3. The lowest BCUT2D eigenvalue weighted by Crippen LogP contribution is -2.48. The Bertz CT molecular complexity index is 1590. The number of alkyl halides is 6. The normalized spacial score (nSPS) is 15.3. The topological polar surface area (TPSA) is 111 Å². The third kappa shape index (κ3) is 5.44. The molecule has 16 heteroatoms. The van der Waals surface area contributed by atoms with Crippen LogP contribution in [0.5, 0.6) is 11.8 Å². The van der Waals surface area contributed by atoms with Crippen molar-refractivity contribution < 1.29 is 48.7 Å². The van der Waals surface area contributed by atoms with Gasteiger partial charge >= 0.3 is 12.4 Å². The Labute approximate surface area is 222 Å². The molecular weight excluding hydrogens is 573 g/mol. The fourth-order valence-corrected chi connectivity index (χ4v) is 4.94. The Morgan fingerprint density at radius 1 is 1.05 bits per heavy atom. The number of benzene rings is 1.